The molecule has 0 bridgehead atoms. The first-order chi connectivity index (χ1) is 17.0. The quantitative estimate of drug-likeness (QED) is 0.236. The molecule has 0 fully saturated rings. The van der Waals surface area contributed by atoms with Crippen molar-refractivity contribution in [1.29, 1.82) is 0 Å². The standard InChI is InChI=1S/C28H26N4OS2/c1-18-8-7-11-22(16-18)26-30-27(33-31-26)24-19(2)32(17-20-12-14-23(35-3)15-13-20)28(34)29-25(24)21-9-5-4-6-10-21/h4-16,25H,17H2,1-3H3,(H,29,34). The highest BCUT2D eigenvalue weighted by molar-refractivity contribution is 7.98. The molecule has 0 spiro atoms. The number of allylic oxidation sites excluding steroid dienone is 1. The van der Waals surface area contributed by atoms with E-state index in [4.69, 9.17) is 21.7 Å². The Morgan fingerprint density at radius 2 is 1.77 bits per heavy atom. The molecule has 0 amide bonds. The number of benzene rings is 3. The largest absolute Gasteiger partial charge is 0.351 e. The van der Waals surface area contributed by atoms with E-state index in [1.54, 1.807) is 11.8 Å². The molecule has 1 aliphatic rings. The topological polar surface area (TPSA) is 54.2 Å². The molecule has 3 aromatic carbocycles. The SMILES string of the molecule is CSc1ccc(CN2C(=S)NC(c3ccccc3)C(c3nc(-c4cccc(C)c4)no3)=C2C)cc1. The molecule has 5 rings (SSSR count). The number of aryl methyl sites for hydroxylation is 1. The lowest BCUT2D eigenvalue weighted by Gasteiger charge is -2.37. The van der Waals surface area contributed by atoms with Crippen LogP contribution < -0.4 is 5.32 Å². The van der Waals surface area contributed by atoms with Gasteiger partial charge in [0.15, 0.2) is 5.11 Å². The zero-order valence-electron chi connectivity index (χ0n) is 19.9. The number of aromatic nitrogens is 2. The fourth-order valence-electron chi connectivity index (χ4n) is 4.29. The van der Waals surface area contributed by atoms with Gasteiger partial charge in [-0.3, -0.25) is 0 Å². The number of thiocarbonyl (C=S) groups is 1. The third-order valence-electron chi connectivity index (χ3n) is 6.16. The van der Waals surface area contributed by atoms with Gasteiger partial charge in [0.2, 0.25) is 5.82 Å². The molecular weight excluding hydrogens is 472 g/mol. The lowest BCUT2D eigenvalue weighted by atomic mass is 9.94. The molecule has 2 heterocycles. The van der Waals surface area contributed by atoms with Gasteiger partial charge in [-0.1, -0.05) is 71.4 Å². The zero-order chi connectivity index (χ0) is 24.4. The summed E-state index contributed by atoms with van der Waals surface area (Å²) in [7, 11) is 0. The Labute approximate surface area is 215 Å². The van der Waals surface area contributed by atoms with Gasteiger partial charge in [0.05, 0.1) is 11.6 Å². The predicted molar refractivity (Wildman–Crippen MR) is 146 cm³/mol. The molecule has 1 aromatic heterocycles. The van der Waals surface area contributed by atoms with Gasteiger partial charge in [0, 0.05) is 22.7 Å². The Bertz CT molecular complexity index is 1380. The van der Waals surface area contributed by atoms with Crippen molar-refractivity contribution in [3.63, 3.8) is 0 Å². The van der Waals surface area contributed by atoms with E-state index in [0.29, 0.717) is 23.4 Å². The Balaban J connectivity index is 1.57. The van der Waals surface area contributed by atoms with E-state index in [2.05, 4.69) is 84.0 Å². The molecule has 4 aromatic rings. The fraction of sp³-hybridized carbons (Fsp3) is 0.179. The number of thioether (sulfide) groups is 1. The average molecular weight is 499 g/mol. The van der Waals surface area contributed by atoms with Crippen LogP contribution in [0, 0.1) is 6.92 Å². The Morgan fingerprint density at radius 1 is 1.00 bits per heavy atom. The second-order valence-electron chi connectivity index (χ2n) is 8.52. The van der Waals surface area contributed by atoms with Crippen molar-refractivity contribution in [2.75, 3.05) is 6.26 Å². The van der Waals surface area contributed by atoms with Gasteiger partial charge in [0.1, 0.15) is 0 Å². The minimum atomic E-state index is -0.190. The summed E-state index contributed by atoms with van der Waals surface area (Å²) >= 11 is 7.57. The smallest absolute Gasteiger partial charge is 0.258 e. The number of rotatable bonds is 6. The van der Waals surface area contributed by atoms with Gasteiger partial charge < -0.3 is 14.7 Å². The van der Waals surface area contributed by atoms with E-state index in [1.807, 2.05) is 30.3 Å². The fourth-order valence-corrected chi connectivity index (χ4v) is 5.02. The Morgan fingerprint density at radius 3 is 2.49 bits per heavy atom. The van der Waals surface area contributed by atoms with Crippen molar-refractivity contribution in [2.24, 2.45) is 0 Å². The van der Waals surface area contributed by atoms with Crippen molar-refractivity contribution in [2.45, 2.75) is 31.3 Å². The lowest BCUT2D eigenvalue weighted by molar-refractivity contribution is 0.396. The van der Waals surface area contributed by atoms with Crippen LogP contribution in [0.15, 0.2) is 94.0 Å². The highest BCUT2D eigenvalue weighted by Crippen LogP contribution is 2.38. The minimum Gasteiger partial charge on any atom is -0.351 e. The second-order valence-corrected chi connectivity index (χ2v) is 9.79. The summed E-state index contributed by atoms with van der Waals surface area (Å²) in [5.74, 6) is 1.06. The number of nitrogens with zero attached hydrogens (tertiary/aromatic N) is 3. The van der Waals surface area contributed by atoms with Crippen molar-refractivity contribution in [3.05, 3.63) is 107 Å². The van der Waals surface area contributed by atoms with Gasteiger partial charge in [-0.15, -0.1) is 11.8 Å². The molecule has 0 saturated carbocycles. The summed E-state index contributed by atoms with van der Waals surface area (Å²) in [6.45, 7) is 4.78. The zero-order valence-corrected chi connectivity index (χ0v) is 21.5. The summed E-state index contributed by atoms with van der Waals surface area (Å²) < 4.78 is 5.85. The normalized spacial score (nSPS) is 15.9. The maximum atomic E-state index is 5.85. The van der Waals surface area contributed by atoms with Crippen LogP contribution in [-0.2, 0) is 6.54 Å². The monoisotopic (exact) mass is 498 g/mol. The average Bonchev–Trinajstić information content (AvgIpc) is 3.37. The van der Waals surface area contributed by atoms with Gasteiger partial charge >= 0.3 is 0 Å². The van der Waals surface area contributed by atoms with Crippen LogP contribution in [0.1, 0.15) is 35.5 Å². The number of nitrogens with one attached hydrogen (secondary N) is 1. The van der Waals surface area contributed by atoms with E-state index < -0.39 is 0 Å². The third-order valence-corrected chi connectivity index (χ3v) is 7.24. The molecule has 0 radical (unpaired) electrons. The maximum absolute atomic E-state index is 5.85. The van der Waals surface area contributed by atoms with Crippen LogP contribution in [-0.4, -0.2) is 26.4 Å². The number of hydrogen-bond donors (Lipinski definition) is 1. The summed E-state index contributed by atoms with van der Waals surface area (Å²) in [5, 5.41) is 8.51. The van der Waals surface area contributed by atoms with E-state index in [1.165, 1.54) is 10.5 Å². The van der Waals surface area contributed by atoms with Crippen LogP contribution in [0.4, 0.5) is 0 Å². The lowest BCUT2D eigenvalue weighted by Crippen LogP contribution is -2.45. The molecule has 1 unspecified atom stereocenters. The number of hydrogen-bond acceptors (Lipinski definition) is 5. The highest BCUT2D eigenvalue weighted by atomic mass is 32.2. The molecule has 7 heteroatoms. The molecular formula is C28H26N4OS2. The van der Waals surface area contributed by atoms with E-state index in [9.17, 15) is 0 Å². The van der Waals surface area contributed by atoms with Crippen LogP contribution in [0.25, 0.3) is 17.0 Å². The van der Waals surface area contributed by atoms with Crippen molar-refractivity contribution < 1.29 is 4.52 Å². The van der Waals surface area contributed by atoms with Gasteiger partial charge in [-0.05, 0) is 61.6 Å². The maximum Gasteiger partial charge on any atom is 0.258 e. The van der Waals surface area contributed by atoms with E-state index >= 15 is 0 Å². The summed E-state index contributed by atoms with van der Waals surface area (Å²) in [6, 6.07) is 26.7. The van der Waals surface area contributed by atoms with Crippen molar-refractivity contribution in [1.82, 2.24) is 20.4 Å². The molecule has 1 aliphatic heterocycles. The van der Waals surface area contributed by atoms with Crippen LogP contribution in [0.2, 0.25) is 0 Å². The van der Waals surface area contributed by atoms with Gasteiger partial charge in [0.25, 0.3) is 5.89 Å². The molecule has 1 N–H and O–H groups in total. The summed E-state index contributed by atoms with van der Waals surface area (Å²) in [5.41, 5.74) is 6.26. The summed E-state index contributed by atoms with van der Waals surface area (Å²) in [6.07, 6.45) is 2.08. The first-order valence-electron chi connectivity index (χ1n) is 11.4. The van der Waals surface area contributed by atoms with E-state index in [-0.39, 0.29) is 6.04 Å². The third kappa shape index (κ3) is 4.88. The molecule has 0 aliphatic carbocycles. The van der Waals surface area contributed by atoms with Crippen LogP contribution in [0.5, 0.6) is 0 Å². The molecule has 176 valence electrons. The first kappa shape index (κ1) is 23.3. The minimum absolute atomic E-state index is 0.190. The van der Waals surface area contributed by atoms with Crippen molar-refractivity contribution in [3.8, 4) is 11.4 Å². The molecule has 5 nitrogen and oxygen atoms in total. The van der Waals surface area contributed by atoms with E-state index in [0.717, 1.165) is 28.0 Å². The summed E-state index contributed by atoms with van der Waals surface area (Å²) in [4.78, 5) is 8.15. The van der Waals surface area contributed by atoms with Gasteiger partial charge in [-0.25, -0.2) is 0 Å². The molecule has 1 atom stereocenters. The van der Waals surface area contributed by atoms with Crippen LogP contribution >= 0.6 is 24.0 Å². The highest BCUT2D eigenvalue weighted by Gasteiger charge is 2.34. The van der Waals surface area contributed by atoms with Crippen LogP contribution in [0.3, 0.4) is 0 Å². The first-order valence-corrected chi connectivity index (χ1v) is 13.0. The second kappa shape index (κ2) is 10.1. The Hall–Kier alpha value is -3.42. The van der Waals surface area contributed by atoms with Gasteiger partial charge in [-0.2, -0.15) is 4.98 Å². The predicted octanol–water partition coefficient (Wildman–Crippen LogP) is 6.63. The van der Waals surface area contributed by atoms with Crippen molar-refractivity contribution >= 4 is 34.7 Å². The Kier molecular flexibility index (Phi) is 6.70. The molecule has 0 saturated heterocycles. The molecule has 35 heavy (non-hydrogen) atoms.